The number of nitrogens with zero attached hydrogens (tertiary/aromatic N) is 2. The molecule has 0 spiro atoms. The number of carbonyl (C=O) groups is 1. The first-order chi connectivity index (χ1) is 13.8. The van der Waals surface area contributed by atoms with Crippen LogP contribution in [0.3, 0.4) is 0 Å². The molecule has 0 bridgehead atoms. The van der Waals surface area contributed by atoms with E-state index in [0.29, 0.717) is 5.17 Å². The first-order valence-electron chi connectivity index (χ1n) is 9.32. The fourth-order valence-corrected chi connectivity index (χ4v) is 7.57. The van der Waals surface area contributed by atoms with Crippen molar-refractivity contribution in [2.24, 2.45) is 4.99 Å². The molecule has 2 heterocycles. The lowest BCUT2D eigenvalue weighted by Gasteiger charge is -2.24. The van der Waals surface area contributed by atoms with Gasteiger partial charge in [0.1, 0.15) is 5.75 Å². The molecule has 2 aromatic carbocycles. The van der Waals surface area contributed by atoms with Crippen LogP contribution in [-0.2, 0) is 21.1 Å². The summed E-state index contributed by atoms with van der Waals surface area (Å²) in [4.78, 5) is 18.9. The van der Waals surface area contributed by atoms with Crippen LogP contribution in [0.4, 0.5) is 5.69 Å². The normalized spacial score (nSPS) is 23.9. The van der Waals surface area contributed by atoms with Crippen LogP contribution >= 0.6 is 11.8 Å². The molecule has 2 aliphatic rings. The molecular formula is C21H22N2O4S2. The van der Waals surface area contributed by atoms with Gasteiger partial charge in [-0.25, -0.2) is 8.42 Å². The minimum absolute atomic E-state index is 0.0875. The predicted molar refractivity (Wildman–Crippen MR) is 117 cm³/mol. The van der Waals surface area contributed by atoms with Crippen LogP contribution < -0.4 is 9.64 Å². The average Bonchev–Trinajstić information content (AvgIpc) is 3.14. The Labute approximate surface area is 174 Å². The number of hydrogen-bond acceptors (Lipinski definition) is 5. The van der Waals surface area contributed by atoms with Gasteiger partial charge in [-0.1, -0.05) is 41.6 Å². The number of fused-ring (bicyclic) bond motifs is 1. The van der Waals surface area contributed by atoms with Crippen LogP contribution in [0.5, 0.6) is 5.75 Å². The van der Waals surface area contributed by atoms with Gasteiger partial charge in [-0.2, -0.15) is 4.99 Å². The third-order valence-electron chi connectivity index (χ3n) is 5.11. The first-order valence-corrected chi connectivity index (χ1v) is 12.0. The fourth-order valence-electron chi connectivity index (χ4n) is 3.64. The highest BCUT2D eigenvalue weighted by molar-refractivity contribution is 8.16. The van der Waals surface area contributed by atoms with Crippen molar-refractivity contribution in [3.8, 4) is 5.75 Å². The highest BCUT2D eigenvalue weighted by Crippen LogP contribution is 2.41. The molecule has 4 rings (SSSR count). The smallest absolute Gasteiger partial charge is 0.252 e. The number of carbonyl (C=O) groups excluding carboxylic acids is 1. The van der Waals surface area contributed by atoms with E-state index < -0.39 is 9.84 Å². The number of amidine groups is 1. The second-order valence-electron chi connectivity index (χ2n) is 7.32. The van der Waals surface area contributed by atoms with Gasteiger partial charge < -0.3 is 9.64 Å². The van der Waals surface area contributed by atoms with Crippen LogP contribution in [-0.4, -0.2) is 49.4 Å². The van der Waals surface area contributed by atoms with E-state index in [-0.39, 0.29) is 35.1 Å². The maximum absolute atomic E-state index is 12.6. The summed E-state index contributed by atoms with van der Waals surface area (Å²) in [7, 11) is -1.48. The number of ether oxygens (including phenoxy) is 1. The Kier molecular flexibility index (Phi) is 5.40. The van der Waals surface area contributed by atoms with E-state index in [2.05, 4.69) is 4.99 Å². The van der Waals surface area contributed by atoms with E-state index in [1.165, 1.54) is 11.8 Å². The zero-order valence-electron chi connectivity index (χ0n) is 16.2. The zero-order chi connectivity index (χ0) is 20.6. The lowest BCUT2D eigenvalue weighted by atomic mass is 10.1. The van der Waals surface area contributed by atoms with Crippen molar-refractivity contribution in [1.29, 1.82) is 0 Å². The number of thioether (sulfide) groups is 1. The number of benzene rings is 2. The van der Waals surface area contributed by atoms with Crippen LogP contribution in [0.25, 0.3) is 0 Å². The number of methoxy groups -OCH3 is 1. The lowest BCUT2D eigenvalue weighted by molar-refractivity contribution is -0.117. The van der Waals surface area contributed by atoms with Gasteiger partial charge in [0, 0.05) is 10.9 Å². The van der Waals surface area contributed by atoms with Gasteiger partial charge in [0.05, 0.1) is 31.1 Å². The number of sulfone groups is 1. The number of aliphatic imine (C=N–C) groups is 1. The maximum atomic E-state index is 12.6. The number of rotatable bonds is 4. The largest absolute Gasteiger partial charge is 0.497 e. The van der Waals surface area contributed by atoms with E-state index in [0.717, 1.165) is 22.6 Å². The van der Waals surface area contributed by atoms with Crippen molar-refractivity contribution < 1.29 is 17.9 Å². The summed E-state index contributed by atoms with van der Waals surface area (Å²) >= 11 is 1.39. The number of amides is 1. The highest BCUT2D eigenvalue weighted by Gasteiger charge is 2.49. The maximum Gasteiger partial charge on any atom is 0.252 e. The third kappa shape index (κ3) is 4.33. The van der Waals surface area contributed by atoms with E-state index in [4.69, 9.17) is 4.74 Å². The molecule has 1 amide bonds. The van der Waals surface area contributed by atoms with Crippen LogP contribution in [0, 0.1) is 6.92 Å². The molecule has 2 aromatic rings. The summed E-state index contributed by atoms with van der Waals surface area (Å²) in [5.74, 6) is 0.691. The molecule has 0 saturated carbocycles. The van der Waals surface area contributed by atoms with Gasteiger partial charge in [0.2, 0.25) is 0 Å². The van der Waals surface area contributed by atoms with Crippen molar-refractivity contribution in [1.82, 2.24) is 0 Å². The van der Waals surface area contributed by atoms with Crippen molar-refractivity contribution in [3.63, 3.8) is 0 Å². The van der Waals surface area contributed by atoms with Crippen LogP contribution in [0.2, 0.25) is 0 Å². The van der Waals surface area contributed by atoms with E-state index in [9.17, 15) is 13.2 Å². The summed E-state index contributed by atoms with van der Waals surface area (Å²) in [6.07, 6.45) is 0.184. The van der Waals surface area contributed by atoms with E-state index >= 15 is 0 Å². The first kappa shape index (κ1) is 20.0. The average molecular weight is 431 g/mol. The molecule has 29 heavy (non-hydrogen) atoms. The van der Waals surface area contributed by atoms with Gasteiger partial charge in [-0.05, 0) is 36.8 Å². The Morgan fingerprint density at radius 1 is 1.14 bits per heavy atom. The minimum Gasteiger partial charge on any atom is -0.497 e. The number of hydrogen-bond donors (Lipinski definition) is 0. The monoisotopic (exact) mass is 430 g/mol. The summed E-state index contributed by atoms with van der Waals surface area (Å²) in [6.45, 7) is 2.00. The molecule has 2 aliphatic heterocycles. The standard InChI is InChI=1S/C21H22N2O4S2/c1-14-3-7-16(8-4-14)23-18-12-29(25,26)13-19(18)28-21(23)22-20(24)11-15-5-9-17(27-2)10-6-15/h3-10,18-19H,11-13H2,1-2H3/t18-,19+/m1/s1. The quantitative estimate of drug-likeness (QED) is 0.743. The molecule has 2 atom stereocenters. The third-order valence-corrected chi connectivity index (χ3v) is 8.32. The Balaban J connectivity index is 1.60. The Morgan fingerprint density at radius 3 is 2.48 bits per heavy atom. The molecule has 2 saturated heterocycles. The topological polar surface area (TPSA) is 76.0 Å². The Bertz CT molecular complexity index is 1050. The van der Waals surface area contributed by atoms with Gasteiger partial charge in [0.25, 0.3) is 5.91 Å². The SMILES string of the molecule is COc1ccc(CC(=O)N=C2S[C@H]3CS(=O)(=O)C[C@H]3N2c2ccc(C)cc2)cc1. The second kappa shape index (κ2) is 7.84. The van der Waals surface area contributed by atoms with E-state index in [1.54, 1.807) is 7.11 Å². The van der Waals surface area contributed by atoms with Gasteiger partial charge in [0.15, 0.2) is 15.0 Å². The fraction of sp³-hybridized carbons (Fsp3) is 0.333. The predicted octanol–water partition coefficient (Wildman–Crippen LogP) is 2.85. The second-order valence-corrected chi connectivity index (χ2v) is 10.7. The molecule has 2 fully saturated rings. The molecule has 152 valence electrons. The molecule has 0 aliphatic carbocycles. The van der Waals surface area contributed by atoms with Gasteiger partial charge >= 0.3 is 0 Å². The lowest BCUT2D eigenvalue weighted by Crippen LogP contribution is -2.37. The molecule has 0 radical (unpaired) electrons. The Hall–Kier alpha value is -2.32. The zero-order valence-corrected chi connectivity index (χ0v) is 17.9. The molecule has 8 heteroatoms. The Morgan fingerprint density at radius 2 is 1.83 bits per heavy atom. The van der Waals surface area contributed by atoms with Crippen molar-refractivity contribution in [2.75, 3.05) is 23.5 Å². The summed E-state index contributed by atoms with van der Waals surface area (Å²) in [6, 6.07) is 15.0. The number of anilines is 1. The molecule has 0 N–H and O–H groups in total. The van der Waals surface area contributed by atoms with Crippen molar-refractivity contribution in [3.05, 3.63) is 59.7 Å². The number of aryl methyl sites for hydroxylation is 1. The summed E-state index contributed by atoms with van der Waals surface area (Å²) < 4.78 is 29.4. The molecule has 6 nitrogen and oxygen atoms in total. The molecule has 0 unspecified atom stereocenters. The van der Waals surface area contributed by atoms with Crippen LogP contribution in [0.1, 0.15) is 11.1 Å². The van der Waals surface area contributed by atoms with Crippen LogP contribution in [0.15, 0.2) is 53.5 Å². The molecule has 0 aromatic heterocycles. The minimum atomic E-state index is -3.08. The summed E-state index contributed by atoms with van der Waals surface area (Å²) in [5, 5.41) is 0.478. The van der Waals surface area contributed by atoms with E-state index in [1.807, 2.05) is 60.4 Å². The van der Waals surface area contributed by atoms with Gasteiger partial charge in [-0.3, -0.25) is 4.79 Å². The van der Waals surface area contributed by atoms with Crippen molar-refractivity contribution >= 4 is 38.4 Å². The van der Waals surface area contributed by atoms with Crippen molar-refractivity contribution in [2.45, 2.75) is 24.6 Å². The highest BCUT2D eigenvalue weighted by atomic mass is 32.2. The molecular weight excluding hydrogens is 408 g/mol. The summed E-state index contributed by atoms with van der Waals surface area (Å²) in [5.41, 5.74) is 2.83. The van der Waals surface area contributed by atoms with Gasteiger partial charge in [-0.15, -0.1) is 0 Å².